The molecule has 22 heavy (non-hydrogen) atoms. The second kappa shape index (κ2) is 5.42. The van der Waals surface area contributed by atoms with Gasteiger partial charge in [-0.3, -0.25) is 0 Å². The number of aliphatic hydroxyl groups excluding tert-OH is 1. The molecule has 0 aliphatic carbocycles. The van der Waals surface area contributed by atoms with Gasteiger partial charge in [0.15, 0.2) is 5.65 Å². The van der Waals surface area contributed by atoms with Crippen LogP contribution in [0.25, 0.3) is 22.4 Å². The van der Waals surface area contributed by atoms with E-state index < -0.39 is 0 Å². The molecule has 0 radical (unpaired) electrons. The Kier molecular flexibility index (Phi) is 3.27. The lowest BCUT2D eigenvalue weighted by molar-refractivity contribution is 0.238. The van der Waals surface area contributed by atoms with Gasteiger partial charge in [-0.1, -0.05) is 12.1 Å². The lowest BCUT2D eigenvalue weighted by Crippen LogP contribution is -2.20. The molecule has 0 amide bonds. The molecule has 4 rings (SSSR count). The van der Waals surface area contributed by atoms with E-state index in [2.05, 4.69) is 44.1 Å². The van der Waals surface area contributed by atoms with E-state index in [1.807, 2.05) is 12.3 Å². The summed E-state index contributed by atoms with van der Waals surface area (Å²) < 4.78 is 0. The molecule has 1 saturated heterocycles. The molecule has 3 heterocycles. The van der Waals surface area contributed by atoms with Crippen molar-refractivity contribution < 1.29 is 5.11 Å². The zero-order valence-electron chi connectivity index (χ0n) is 12.2. The smallest absolute Gasteiger partial charge is 0.156 e. The third-order valence-corrected chi connectivity index (χ3v) is 4.31. The zero-order valence-corrected chi connectivity index (χ0v) is 12.2. The first kappa shape index (κ1) is 13.3. The highest BCUT2D eigenvalue weighted by Crippen LogP contribution is 2.28. The Bertz CT molecular complexity index is 798. The standard InChI is InChI=1S/C17H18N4O/c22-11-12-5-7-21(10-12)14-3-1-2-13(8-14)16-9-19-17-15(20-16)4-6-18-17/h1-4,6,8-9,12,22H,5,7,10-11H2,(H,18,19)/t12-/m1/s1. The molecule has 1 fully saturated rings. The normalized spacial score (nSPS) is 18.2. The highest BCUT2D eigenvalue weighted by Gasteiger charge is 2.22. The molecule has 1 aliphatic rings. The first-order valence-corrected chi connectivity index (χ1v) is 7.60. The maximum absolute atomic E-state index is 9.30. The summed E-state index contributed by atoms with van der Waals surface area (Å²) in [6, 6.07) is 10.3. The summed E-state index contributed by atoms with van der Waals surface area (Å²) in [5.41, 5.74) is 4.83. The van der Waals surface area contributed by atoms with Crippen molar-refractivity contribution in [2.75, 3.05) is 24.6 Å². The van der Waals surface area contributed by atoms with Crippen molar-refractivity contribution in [2.45, 2.75) is 6.42 Å². The zero-order chi connectivity index (χ0) is 14.9. The summed E-state index contributed by atoms with van der Waals surface area (Å²) in [6.45, 7) is 2.19. The van der Waals surface area contributed by atoms with Gasteiger partial charge < -0.3 is 15.0 Å². The summed E-state index contributed by atoms with van der Waals surface area (Å²) in [5.74, 6) is 0.389. The number of hydrogen-bond donors (Lipinski definition) is 2. The van der Waals surface area contributed by atoms with Crippen LogP contribution in [-0.2, 0) is 0 Å². The molecule has 112 valence electrons. The van der Waals surface area contributed by atoms with Crippen molar-refractivity contribution in [3.8, 4) is 11.3 Å². The quantitative estimate of drug-likeness (QED) is 0.778. The van der Waals surface area contributed by atoms with Gasteiger partial charge in [-0.05, 0) is 24.6 Å². The monoisotopic (exact) mass is 294 g/mol. The molecule has 0 saturated carbocycles. The number of aromatic nitrogens is 3. The highest BCUT2D eigenvalue weighted by molar-refractivity contribution is 5.75. The topological polar surface area (TPSA) is 65.0 Å². The number of aliphatic hydroxyl groups is 1. The van der Waals surface area contributed by atoms with Crippen LogP contribution in [0.2, 0.25) is 0 Å². The second-order valence-electron chi connectivity index (χ2n) is 5.80. The molecule has 5 heteroatoms. The van der Waals surface area contributed by atoms with Crippen molar-refractivity contribution in [2.24, 2.45) is 5.92 Å². The van der Waals surface area contributed by atoms with E-state index in [1.165, 1.54) is 5.69 Å². The third-order valence-electron chi connectivity index (χ3n) is 4.31. The van der Waals surface area contributed by atoms with E-state index >= 15 is 0 Å². The van der Waals surface area contributed by atoms with Crippen LogP contribution in [0.4, 0.5) is 5.69 Å². The fraction of sp³-hybridized carbons (Fsp3) is 0.294. The van der Waals surface area contributed by atoms with E-state index in [4.69, 9.17) is 0 Å². The Morgan fingerprint density at radius 3 is 3.14 bits per heavy atom. The van der Waals surface area contributed by atoms with Gasteiger partial charge in [0, 0.05) is 43.1 Å². The average molecular weight is 294 g/mol. The number of hydrogen-bond acceptors (Lipinski definition) is 4. The molecule has 0 unspecified atom stereocenters. The maximum Gasteiger partial charge on any atom is 0.156 e. The number of fused-ring (bicyclic) bond motifs is 1. The number of nitrogens with zero attached hydrogens (tertiary/aromatic N) is 3. The van der Waals surface area contributed by atoms with Crippen molar-refractivity contribution in [1.29, 1.82) is 0 Å². The lowest BCUT2D eigenvalue weighted by Gasteiger charge is -2.19. The second-order valence-corrected chi connectivity index (χ2v) is 5.80. The maximum atomic E-state index is 9.30. The average Bonchev–Trinajstić information content (AvgIpc) is 3.23. The lowest BCUT2D eigenvalue weighted by atomic mass is 10.1. The molecular weight excluding hydrogens is 276 g/mol. The van der Waals surface area contributed by atoms with Crippen LogP contribution >= 0.6 is 0 Å². The highest BCUT2D eigenvalue weighted by atomic mass is 16.3. The fourth-order valence-electron chi connectivity index (χ4n) is 3.05. The largest absolute Gasteiger partial charge is 0.396 e. The fourth-order valence-corrected chi connectivity index (χ4v) is 3.05. The molecule has 3 aromatic rings. The molecule has 0 spiro atoms. The van der Waals surface area contributed by atoms with Gasteiger partial charge in [0.1, 0.15) is 5.52 Å². The number of aromatic amines is 1. The van der Waals surface area contributed by atoms with Gasteiger partial charge in [0.05, 0.1) is 11.9 Å². The first-order valence-electron chi connectivity index (χ1n) is 7.60. The van der Waals surface area contributed by atoms with Gasteiger partial charge in [-0.2, -0.15) is 0 Å². The minimum Gasteiger partial charge on any atom is -0.396 e. The van der Waals surface area contributed by atoms with Crippen LogP contribution in [0, 0.1) is 5.92 Å². The molecular formula is C17H18N4O. The number of nitrogens with one attached hydrogen (secondary N) is 1. The summed E-state index contributed by atoms with van der Waals surface area (Å²) >= 11 is 0. The van der Waals surface area contributed by atoms with Crippen LogP contribution in [0.1, 0.15) is 6.42 Å². The molecule has 0 bridgehead atoms. The minimum absolute atomic E-state index is 0.270. The van der Waals surface area contributed by atoms with Crippen LogP contribution in [-0.4, -0.2) is 39.8 Å². The third kappa shape index (κ3) is 2.33. The van der Waals surface area contributed by atoms with Crippen molar-refractivity contribution in [3.05, 3.63) is 42.7 Å². The number of benzene rings is 1. The molecule has 2 aromatic heterocycles. The number of H-pyrrole nitrogens is 1. The number of rotatable bonds is 3. The number of anilines is 1. The summed E-state index contributed by atoms with van der Waals surface area (Å²) in [6.07, 6.45) is 4.71. The molecule has 2 N–H and O–H groups in total. The van der Waals surface area contributed by atoms with Gasteiger partial charge >= 0.3 is 0 Å². The van der Waals surface area contributed by atoms with E-state index in [9.17, 15) is 5.11 Å². The van der Waals surface area contributed by atoms with Gasteiger partial charge in [-0.25, -0.2) is 9.97 Å². The van der Waals surface area contributed by atoms with E-state index in [1.54, 1.807) is 6.20 Å². The van der Waals surface area contributed by atoms with Crippen LogP contribution in [0.3, 0.4) is 0 Å². The first-order chi connectivity index (χ1) is 10.8. The van der Waals surface area contributed by atoms with E-state index in [0.29, 0.717) is 5.92 Å². The molecule has 1 atom stereocenters. The van der Waals surface area contributed by atoms with Crippen molar-refractivity contribution >= 4 is 16.9 Å². The van der Waals surface area contributed by atoms with E-state index in [0.717, 1.165) is 41.9 Å². The Balaban J connectivity index is 1.66. The van der Waals surface area contributed by atoms with Gasteiger partial charge in [0.25, 0.3) is 0 Å². The SMILES string of the molecule is OC[C@@H]1CCN(c2cccc(-c3cnc4[nH]ccc4n3)c2)C1. The summed E-state index contributed by atoms with van der Waals surface area (Å²) in [5, 5.41) is 9.30. The van der Waals surface area contributed by atoms with Gasteiger partial charge in [0.2, 0.25) is 0 Å². The Morgan fingerprint density at radius 2 is 2.27 bits per heavy atom. The predicted molar refractivity (Wildman–Crippen MR) is 86.7 cm³/mol. The molecule has 1 aliphatic heterocycles. The Morgan fingerprint density at radius 1 is 1.32 bits per heavy atom. The van der Waals surface area contributed by atoms with Crippen molar-refractivity contribution in [1.82, 2.24) is 15.0 Å². The predicted octanol–water partition coefficient (Wildman–Crippen LogP) is 2.44. The summed E-state index contributed by atoms with van der Waals surface area (Å²) in [4.78, 5) is 14.4. The van der Waals surface area contributed by atoms with Crippen molar-refractivity contribution in [3.63, 3.8) is 0 Å². The van der Waals surface area contributed by atoms with Crippen LogP contribution < -0.4 is 4.90 Å². The van der Waals surface area contributed by atoms with Crippen LogP contribution in [0.5, 0.6) is 0 Å². The summed E-state index contributed by atoms with van der Waals surface area (Å²) in [7, 11) is 0. The molecule has 1 aromatic carbocycles. The minimum atomic E-state index is 0.270. The van der Waals surface area contributed by atoms with E-state index in [-0.39, 0.29) is 6.61 Å². The van der Waals surface area contributed by atoms with Gasteiger partial charge in [-0.15, -0.1) is 0 Å². The Labute approximate surface area is 128 Å². The Hall–Kier alpha value is -2.40. The van der Waals surface area contributed by atoms with Crippen LogP contribution in [0.15, 0.2) is 42.7 Å². The molecule has 5 nitrogen and oxygen atoms in total.